The van der Waals surface area contributed by atoms with Crippen molar-refractivity contribution in [2.24, 2.45) is 0 Å². The Hall–Kier alpha value is -2.13. The molecule has 0 radical (unpaired) electrons. The van der Waals surface area contributed by atoms with Crippen LogP contribution in [0, 0.1) is 0 Å². The van der Waals surface area contributed by atoms with E-state index >= 15 is 0 Å². The van der Waals surface area contributed by atoms with Gasteiger partial charge >= 0.3 is 214 Å². The summed E-state index contributed by atoms with van der Waals surface area (Å²) in [7, 11) is -7.58. The van der Waals surface area contributed by atoms with E-state index in [9.17, 15) is 16.8 Å². The average molecular weight is 551 g/mol. The van der Waals surface area contributed by atoms with Gasteiger partial charge in [0.05, 0.1) is 0 Å². The molecular formula is C26H31O7PS2. The molecule has 1 aliphatic heterocycles. The van der Waals surface area contributed by atoms with Gasteiger partial charge in [0.2, 0.25) is 0 Å². The van der Waals surface area contributed by atoms with E-state index in [1.54, 1.807) is 0 Å². The van der Waals surface area contributed by atoms with E-state index in [1.165, 1.54) is 0 Å². The third-order valence-corrected chi connectivity index (χ3v) is 14.7. The van der Waals surface area contributed by atoms with Gasteiger partial charge in [-0.15, -0.1) is 0 Å². The van der Waals surface area contributed by atoms with Crippen molar-refractivity contribution in [1.82, 2.24) is 0 Å². The molecule has 2 atom stereocenters. The number of hydrogen-bond donors (Lipinski definition) is 0. The molecule has 0 aliphatic carbocycles. The fraction of sp³-hybridized carbons (Fsp3) is 0.308. The summed E-state index contributed by atoms with van der Waals surface area (Å²) in [6.45, 7) is -4.25. The molecule has 0 amide bonds. The monoisotopic (exact) mass is 550 g/mol. The predicted molar refractivity (Wildman–Crippen MR) is 145 cm³/mol. The molecular weight excluding hydrogens is 519 g/mol. The standard InChI is InChI=1S/C26H31O7PS2/c1-35(27,28)31-20-22-18-19-23(32-22)21-34(33-36(2,29)30,24-12-6-3-7-13-24,25-14-8-4-9-15-25)26-16-10-5-11-17-26/h3-17,22-23H,18-21H2,1-2H3/t22-,23-/m1/s1. The normalized spacial score (nSPS) is 20.0. The Kier molecular flexibility index (Phi) is 7.72. The third kappa shape index (κ3) is 5.57. The van der Waals surface area contributed by atoms with Gasteiger partial charge in [-0.2, -0.15) is 0 Å². The second-order valence-electron chi connectivity index (χ2n) is 9.13. The van der Waals surface area contributed by atoms with Crippen LogP contribution in [0.3, 0.4) is 0 Å². The predicted octanol–water partition coefficient (Wildman–Crippen LogP) is 2.93. The maximum atomic E-state index is 13.1. The van der Waals surface area contributed by atoms with E-state index < -0.39 is 39.3 Å². The zero-order valence-corrected chi connectivity index (χ0v) is 22.8. The Balaban J connectivity index is 1.94. The average Bonchev–Trinajstić information content (AvgIpc) is 3.30. The summed E-state index contributed by atoms with van der Waals surface area (Å²) >= 11 is 0. The molecule has 3 aromatic rings. The molecule has 194 valence electrons. The van der Waals surface area contributed by atoms with E-state index in [0.29, 0.717) is 12.8 Å². The van der Waals surface area contributed by atoms with E-state index in [0.717, 1.165) is 28.4 Å². The summed E-state index contributed by atoms with van der Waals surface area (Å²) in [6.07, 6.45) is 2.74. The molecule has 3 aromatic carbocycles. The van der Waals surface area contributed by atoms with Crippen LogP contribution in [-0.4, -0.2) is 54.3 Å². The maximum absolute atomic E-state index is 13.1. The molecule has 0 saturated carbocycles. The van der Waals surface area contributed by atoms with E-state index in [-0.39, 0.29) is 12.8 Å². The Bertz CT molecular complexity index is 1280. The van der Waals surface area contributed by atoms with E-state index in [4.69, 9.17) is 12.9 Å². The Morgan fingerprint density at radius 2 is 1.11 bits per heavy atom. The SMILES string of the molecule is CS(=O)(=O)OC[C@H]1CC[C@H](CP(OS(C)(=O)=O)(c2ccccc2)(c2ccccc2)c2ccccc2)O1. The first-order valence-corrected chi connectivity index (χ1v) is 17.6. The first kappa shape index (κ1) is 26.9. The fourth-order valence-corrected chi connectivity index (χ4v) is 14.1. The van der Waals surface area contributed by atoms with Crippen LogP contribution in [0.1, 0.15) is 12.8 Å². The van der Waals surface area contributed by atoms with Crippen LogP contribution in [0.5, 0.6) is 0 Å². The van der Waals surface area contributed by atoms with Gasteiger partial charge in [-0.3, -0.25) is 0 Å². The summed E-state index contributed by atoms with van der Waals surface area (Å²) in [5.41, 5.74) is 0. The van der Waals surface area contributed by atoms with Crippen LogP contribution in [0.4, 0.5) is 0 Å². The summed E-state index contributed by atoms with van der Waals surface area (Å²) < 4.78 is 67.0. The second-order valence-corrected chi connectivity index (χ2v) is 17.1. The van der Waals surface area contributed by atoms with E-state index in [1.807, 2.05) is 91.0 Å². The zero-order valence-electron chi connectivity index (χ0n) is 20.3. The van der Waals surface area contributed by atoms with Gasteiger partial charge in [0.1, 0.15) is 0 Å². The van der Waals surface area contributed by atoms with Crippen molar-refractivity contribution in [2.45, 2.75) is 25.0 Å². The molecule has 1 aliphatic rings. The van der Waals surface area contributed by atoms with Gasteiger partial charge in [0.15, 0.2) is 0 Å². The topological polar surface area (TPSA) is 96.0 Å². The molecule has 0 bridgehead atoms. The molecule has 10 heteroatoms. The number of ether oxygens (including phenoxy) is 1. The van der Waals surface area contributed by atoms with Gasteiger partial charge in [-0.25, -0.2) is 0 Å². The minimum atomic E-state index is -4.16. The Labute approximate surface area is 213 Å². The Morgan fingerprint density at radius 3 is 1.50 bits per heavy atom. The van der Waals surface area contributed by atoms with Gasteiger partial charge in [0.25, 0.3) is 0 Å². The van der Waals surface area contributed by atoms with Crippen molar-refractivity contribution >= 4 is 43.0 Å². The number of benzene rings is 3. The molecule has 4 rings (SSSR count). The fourth-order valence-electron chi connectivity index (χ4n) is 5.08. The molecule has 0 unspecified atom stereocenters. The number of hydrogen-bond acceptors (Lipinski definition) is 7. The van der Waals surface area contributed by atoms with Gasteiger partial charge in [-0.05, 0) is 0 Å². The summed E-state index contributed by atoms with van der Waals surface area (Å²) in [4.78, 5) is 0. The molecule has 7 nitrogen and oxygen atoms in total. The van der Waals surface area contributed by atoms with Crippen molar-refractivity contribution < 1.29 is 29.7 Å². The zero-order chi connectivity index (χ0) is 25.9. The van der Waals surface area contributed by atoms with Gasteiger partial charge < -0.3 is 0 Å². The molecule has 0 N–H and O–H groups in total. The van der Waals surface area contributed by atoms with Crippen molar-refractivity contribution in [3.8, 4) is 0 Å². The third-order valence-electron chi connectivity index (χ3n) is 6.42. The minimum absolute atomic E-state index is 0.0831. The molecule has 36 heavy (non-hydrogen) atoms. The van der Waals surface area contributed by atoms with Crippen LogP contribution in [0.25, 0.3) is 0 Å². The van der Waals surface area contributed by atoms with Crippen molar-refractivity contribution in [2.75, 3.05) is 25.3 Å². The van der Waals surface area contributed by atoms with E-state index in [2.05, 4.69) is 0 Å². The van der Waals surface area contributed by atoms with Crippen LogP contribution >= 0.6 is 6.83 Å². The first-order valence-electron chi connectivity index (χ1n) is 11.6. The molecule has 1 heterocycles. The van der Waals surface area contributed by atoms with Crippen LogP contribution in [0.2, 0.25) is 0 Å². The van der Waals surface area contributed by atoms with Crippen molar-refractivity contribution in [3.05, 3.63) is 91.0 Å². The number of rotatable bonds is 10. The van der Waals surface area contributed by atoms with Crippen LogP contribution in [0.15, 0.2) is 91.0 Å². The Morgan fingerprint density at radius 1 is 0.694 bits per heavy atom. The molecule has 0 spiro atoms. The molecule has 1 saturated heterocycles. The summed E-state index contributed by atoms with van der Waals surface area (Å²) in [5.74, 6) is 0. The summed E-state index contributed by atoms with van der Waals surface area (Å²) in [6, 6.07) is 28.5. The quantitative estimate of drug-likeness (QED) is 0.283. The van der Waals surface area contributed by atoms with Crippen molar-refractivity contribution in [3.63, 3.8) is 0 Å². The molecule has 1 fully saturated rings. The summed E-state index contributed by atoms with van der Waals surface area (Å²) in [5, 5.41) is 2.31. The van der Waals surface area contributed by atoms with Crippen molar-refractivity contribution in [1.29, 1.82) is 0 Å². The second kappa shape index (κ2) is 10.3. The first-order chi connectivity index (χ1) is 17.0. The van der Waals surface area contributed by atoms with Gasteiger partial charge in [0, 0.05) is 0 Å². The van der Waals surface area contributed by atoms with Gasteiger partial charge in [-0.1, -0.05) is 0 Å². The molecule has 0 aromatic heterocycles. The van der Waals surface area contributed by atoms with Crippen LogP contribution < -0.4 is 15.9 Å². The van der Waals surface area contributed by atoms with Crippen LogP contribution in [-0.2, 0) is 33.1 Å².